The number of carboxylic acid groups (broad SMARTS) is 1. The van der Waals surface area contributed by atoms with Gasteiger partial charge in [-0.25, -0.2) is 9.59 Å². The number of hydrogen-bond acceptors (Lipinski definition) is 4. The Morgan fingerprint density at radius 1 is 1.26 bits per heavy atom. The number of rotatable bonds is 2. The van der Waals surface area contributed by atoms with E-state index in [4.69, 9.17) is 5.11 Å². The number of imide groups is 1. The maximum Gasteiger partial charge on any atom is 0.331 e. The summed E-state index contributed by atoms with van der Waals surface area (Å²) in [6, 6.07) is -0.711. The molecule has 8 heteroatoms. The highest BCUT2D eigenvalue weighted by Crippen LogP contribution is 2.04. The van der Waals surface area contributed by atoms with Gasteiger partial charge in [0, 0.05) is 24.2 Å². The second-order valence-corrected chi connectivity index (χ2v) is 4.09. The van der Waals surface area contributed by atoms with Gasteiger partial charge >= 0.3 is 12.0 Å². The third kappa shape index (κ3) is 3.80. The van der Waals surface area contributed by atoms with Crippen LogP contribution >= 0.6 is 0 Å². The highest BCUT2D eigenvalue weighted by atomic mass is 16.4. The summed E-state index contributed by atoms with van der Waals surface area (Å²) in [7, 11) is 0. The minimum absolute atomic E-state index is 0.0534. The van der Waals surface area contributed by atoms with Gasteiger partial charge in [-0.05, 0) is 13.8 Å². The van der Waals surface area contributed by atoms with Crippen molar-refractivity contribution < 1.29 is 24.3 Å². The Labute approximate surface area is 109 Å². The zero-order valence-corrected chi connectivity index (χ0v) is 10.6. The molecule has 0 aliphatic carbocycles. The molecule has 0 atom stereocenters. The monoisotopic (exact) mass is 269 g/mol. The van der Waals surface area contributed by atoms with Gasteiger partial charge in [0.2, 0.25) is 5.91 Å². The molecule has 0 bridgehead atoms. The number of carbonyl (C=O) groups excluding carboxylic acids is 3. The maximum atomic E-state index is 11.7. The summed E-state index contributed by atoms with van der Waals surface area (Å²) >= 11 is 0. The van der Waals surface area contributed by atoms with Crippen LogP contribution in [0.3, 0.4) is 0 Å². The zero-order valence-electron chi connectivity index (χ0n) is 10.6. The maximum absolute atomic E-state index is 11.7. The minimum atomic E-state index is -1.22. The topological polar surface area (TPSA) is 116 Å². The molecule has 1 rings (SSSR count). The Morgan fingerprint density at radius 3 is 2.42 bits per heavy atom. The molecule has 0 unspecified atom stereocenters. The number of piperazine rings is 1. The lowest BCUT2D eigenvalue weighted by molar-refractivity contribution is -0.133. The summed E-state index contributed by atoms with van der Waals surface area (Å²) in [5.41, 5.74) is -0.191. The summed E-state index contributed by atoms with van der Waals surface area (Å²) in [5, 5.41) is 13.3. The van der Waals surface area contributed by atoms with Crippen LogP contribution in [0.15, 0.2) is 11.1 Å². The van der Waals surface area contributed by atoms with E-state index in [-0.39, 0.29) is 23.6 Å². The minimum Gasteiger partial charge on any atom is -0.478 e. The molecular formula is C11H15N3O5. The molecule has 1 aliphatic rings. The lowest BCUT2D eigenvalue weighted by Gasteiger charge is -2.26. The summed E-state index contributed by atoms with van der Waals surface area (Å²) in [6.07, 6.45) is 0. The van der Waals surface area contributed by atoms with Gasteiger partial charge in [0.25, 0.3) is 5.91 Å². The number of nitrogens with one attached hydrogen (secondary N) is 2. The molecular weight excluding hydrogens is 254 g/mol. The van der Waals surface area contributed by atoms with Crippen LogP contribution in [0.25, 0.3) is 0 Å². The van der Waals surface area contributed by atoms with Crippen LogP contribution in [0.2, 0.25) is 0 Å². The van der Waals surface area contributed by atoms with Gasteiger partial charge < -0.3 is 15.3 Å². The molecule has 0 aromatic heterocycles. The fourth-order valence-corrected chi connectivity index (χ4v) is 1.41. The Morgan fingerprint density at radius 2 is 1.89 bits per heavy atom. The number of hydrogen-bond donors (Lipinski definition) is 3. The smallest absolute Gasteiger partial charge is 0.331 e. The van der Waals surface area contributed by atoms with Crippen LogP contribution in [0.5, 0.6) is 0 Å². The third-order valence-electron chi connectivity index (χ3n) is 2.77. The van der Waals surface area contributed by atoms with Crippen LogP contribution in [0.4, 0.5) is 4.79 Å². The number of nitrogens with zero attached hydrogens (tertiary/aromatic N) is 1. The van der Waals surface area contributed by atoms with Gasteiger partial charge in [-0.2, -0.15) is 0 Å². The summed E-state index contributed by atoms with van der Waals surface area (Å²) in [5.74, 6) is -2.31. The van der Waals surface area contributed by atoms with E-state index in [1.807, 2.05) is 0 Å². The van der Waals surface area contributed by atoms with Crippen LogP contribution in [-0.4, -0.2) is 53.5 Å². The van der Waals surface area contributed by atoms with Gasteiger partial charge in [0.05, 0.1) is 0 Å². The van der Waals surface area contributed by atoms with Crippen molar-refractivity contribution in [3.05, 3.63) is 11.1 Å². The van der Waals surface area contributed by atoms with Crippen LogP contribution in [0.1, 0.15) is 13.8 Å². The first kappa shape index (κ1) is 14.7. The molecule has 8 nitrogen and oxygen atoms in total. The molecule has 0 aromatic carbocycles. The molecule has 1 heterocycles. The first-order valence-electron chi connectivity index (χ1n) is 5.60. The lowest BCUT2D eigenvalue weighted by Crippen LogP contribution is -2.54. The van der Waals surface area contributed by atoms with Crippen molar-refractivity contribution in [3.63, 3.8) is 0 Å². The van der Waals surface area contributed by atoms with E-state index in [0.717, 1.165) is 0 Å². The Balaban J connectivity index is 2.67. The number of aliphatic carboxylic acids is 1. The SMILES string of the molecule is CC(C(=O)O)=C(C)C(=O)NC(=O)N1CCNC(=O)C1. The Bertz CT molecular complexity index is 469. The highest BCUT2D eigenvalue weighted by Gasteiger charge is 2.23. The van der Waals surface area contributed by atoms with Crippen molar-refractivity contribution in [3.8, 4) is 0 Å². The molecule has 0 radical (unpaired) electrons. The van der Waals surface area contributed by atoms with E-state index in [2.05, 4.69) is 10.6 Å². The lowest BCUT2D eigenvalue weighted by atomic mass is 10.1. The molecule has 1 saturated heterocycles. The molecule has 3 N–H and O–H groups in total. The largest absolute Gasteiger partial charge is 0.478 e. The summed E-state index contributed by atoms with van der Waals surface area (Å²) < 4.78 is 0. The van der Waals surface area contributed by atoms with E-state index in [0.29, 0.717) is 13.1 Å². The highest BCUT2D eigenvalue weighted by molar-refractivity contribution is 6.07. The molecule has 0 spiro atoms. The van der Waals surface area contributed by atoms with Crippen molar-refractivity contribution in [1.29, 1.82) is 0 Å². The van der Waals surface area contributed by atoms with E-state index < -0.39 is 17.9 Å². The van der Waals surface area contributed by atoms with Crippen molar-refractivity contribution >= 4 is 23.8 Å². The van der Waals surface area contributed by atoms with Gasteiger partial charge in [0.1, 0.15) is 6.54 Å². The first-order chi connectivity index (χ1) is 8.82. The van der Waals surface area contributed by atoms with E-state index >= 15 is 0 Å². The molecule has 19 heavy (non-hydrogen) atoms. The molecule has 0 saturated carbocycles. The fourth-order valence-electron chi connectivity index (χ4n) is 1.41. The van der Waals surface area contributed by atoms with Gasteiger partial charge in [0.15, 0.2) is 0 Å². The van der Waals surface area contributed by atoms with E-state index in [1.54, 1.807) is 0 Å². The van der Waals surface area contributed by atoms with Crippen molar-refractivity contribution in [2.24, 2.45) is 0 Å². The predicted molar refractivity (Wildman–Crippen MR) is 64.1 cm³/mol. The number of amides is 4. The van der Waals surface area contributed by atoms with E-state index in [1.165, 1.54) is 18.7 Å². The van der Waals surface area contributed by atoms with Crippen molar-refractivity contribution in [2.45, 2.75) is 13.8 Å². The van der Waals surface area contributed by atoms with Crippen molar-refractivity contribution in [2.75, 3.05) is 19.6 Å². The average Bonchev–Trinajstić information content (AvgIpc) is 2.36. The summed E-state index contributed by atoms with van der Waals surface area (Å²) in [4.78, 5) is 46.3. The Kier molecular flexibility index (Phi) is 4.62. The standard InChI is InChI=1S/C11H15N3O5/c1-6(7(2)10(17)18)9(16)13-11(19)14-4-3-12-8(15)5-14/h3-5H2,1-2H3,(H,12,15)(H,17,18)(H,13,16,19). The molecule has 1 aliphatic heterocycles. The average molecular weight is 269 g/mol. The zero-order chi connectivity index (χ0) is 14.6. The van der Waals surface area contributed by atoms with Gasteiger partial charge in [-0.1, -0.05) is 0 Å². The normalized spacial score (nSPS) is 16.3. The van der Waals surface area contributed by atoms with Gasteiger partial charge in [-0.15, -0.1) is 0 Å². The Hall–Kier alpha value is -2.38. The molecule has 4 amide bonds. The molecule has 104 valence electrons. The van der Waals surface area contributed by atoms with Gasteiger partial charge in [-0.3, -0.25) is 14.9 Å². The number of urea groups is 1. The first-order valence-corrected chi connectivity index (χ1v) is 5.60. The quantitative estimate of drug-likeness (QED) is 0.560. The second-order valence-electron chi connectivity index (χ2n) is 4.09. The van der Waals surface area contributed by atoms with Crippen molar-refractivity contribution in [1.82, 2.24) is 15.5 Å². The number of carboxylic acids is 1. The second kappa shape index (κ2) is 5.98. The molecule has 0 aromatic rings. The molecule has 1 fully saturated rings. The van der Waals surface area contributed by atoms with Crippen LogP contribution in [0, 0.1) is 0 Å². The fraction of sp³-hybridized carbons (Fsp3) is 0.455. The van der Waals surface area contributed by atoms with Crippen LogP contribution < -0.4 is 10.6 Å². The third-order valence-corrected chi connectivity index (χ3v) is 2.77. The number of carbonyl (C=O) groups is 4. The summed E-state index contributed by atoms with van der Waals surface area (Å²) in [6.45, 7) is 3.08. The van der Waals surface area contributed by atoms with Crippen LogP contribution in [-0.2, 0) is 14.4 Å². The van der Waals surface area contributed by atoms with E-state index in [9.17, 15) is 19.2 Å². The predicted octanol–water partition coefficient (Wildman–Crippen LogP) is -0.925.